The molecule has 2 aromatic carbocycles. The van der Waals surface area contributed by atoms with Crippen LogP contribution in [0.1, 0.15) is 44.9 Å². The summed E-state index contributed by atoms with van der Waals surface area (Å²) in [5, 5.41) is 0.540. The van der Waals surface area contributed by atoms with E-state index in [0.717, 1.165) is 5.56 Å². The summed E-state index contributed by atoms with van der Waals surface area (Å²) >= 11 is 7.50. The third-order valence-electron chi connectivity index (χ3n) is 5.25. The number of aromatic nitrogens is 1. The van der Waals surface area contributed by atoms with Crippen molar-refractivity contribution in [1.82, 2.24) is 4.57 Å². The lowest BCUT2D eigenvalue weighted by molar-refractivity contribution is -0.139. The largest absolute Gasteiger partial charge is 0.490 e. The first-order valence-electron chi connectivity index (χ1n) is 11.0. The van der Waals surface area contributed by atoms with Crippen LogP contribution in [-0.4, -0.2) is 23.2 Å². The maximum Gasteiger partial charge on any atom is 0.338 e. The fourth-order valence-electron chi connectivity index (χ4n) is 3.88. The number of thiazole rings is 1. The second kappa shape index (κ2) is 9.99. The number of carbonyl (C=O) groups is 1. The van der Waals surface area contributed by atoms with E-state index in [2.05, 4.69) is 4.99 Å². The number of allylic oxidation sites excluding steroid dienone is 1. The third-order valence-corrected chi connectivity index (χ3v) is 6.47. The molecule has 1 atom stereocenters. The Bertz CT molecular complexity index is 1440. The Morgan fingerprint density at radius 1 is 1.24 bits per heavy atom. The molecule has 3 aromatic rings. The minimum Gasteiger partial charge on any atom is -0.490 e. The minimum absolute atomic E-state index is 0.0394. The summed E-state index contributed by atoms with van der Waals surface area (Å²) in [5.74, 6) is 0.155. The van der Waals surface area contributed by atoms with Gasteiger partial charge in [0.05, 0.1) is 34.6 Å². The number of esters is 1. The van der Waals surface area contributed by atoms with Crippen LogP contribution in [0.25, 0.3) is 6.08 Å². The zero-order valence-electron chi connectivity index (χ0n) is 19.4. The lowest BCUT2D eigenvalue weighted by Gasteiger charge is -2.24. The fourth-order valence-corrected chi connectivity index (χ4v) is 5.09. The molecule has 4 rings (SSSR count). The van der Waals surface area contributed by atoms with Crippen molar-refractivity contribution in [1.29, 1.82) is 0 Å². The molecule has 0 saturated carbocycles. The fraction of sp³-hybridized carbons (Fsp3) is 0.269. The summed E-state index contributed by atoms with van der Waals surface area (Å²) in [4.78, 5) is 31.7. The van der Waals surface area contributed by atoms with E-state index in [1.54, 1.807) is 42.7 Å². The van der Waals surface area contributed by atoms with Crippen LogP contribution >= 0.6 is 22.9 Å². The monoisotopic (exact) mass is 496 g/mol. The normalized spacial score (nSPS) is 15.8. The van der Waals surface area contributed by atoms with Gasteiger partial charge in [-0.15, -0.1) is 0 Å². The van der Waals surface area contributed by atoms with Crippen LogP contribution < -0.4 is 19.6 Å². The van der Waals surface area contributed by atoms with Crippen molar-refractivity contribution in [3.63, 3.8) is 0 Å². The lowest BCUT2D eigenvalue weighted by Crippen LogP contribution is -2.39. The van der Waals surface area contributed by atoms with Crippen LogP contribution in [0.5, 0.6) is 5.75 Å². The van der Waals surface area contributed by atoms with Crippen molar-refractivity contribution in [3.05, 3.63) is 95.6 Å². The number of ether oxygens (including phenoxy) is 2. The molecule has 0 radical (unpaired) electrons. The molecule has 1 aliphatic rings. The van der Waals surface area contributed by atoms with Crippen LogP contribution in [0.15, 0.2) is 69.6 Å². The quantitative estimate of drug-likeness (QED) is 0.479. The summed E-state index contributed by atoms with van der Waals surface area (Å²) in [5.41, 5.74) is 2.15. The predicted molar refractivity (Wildman–Crippen MR) is 134 cm³/mol. The first kappa shape index (κ1) is 24.0. The Kier molecular flexibility index (Phi) is 7.05. The van der Waals surface area contributed by atoms with Crippen LogP contribution in [0.4, 0.5) is 0 Å². The van der Waals surface area contributed by atoms with Gasteiger partial charge < -0.3 is 9.47 Å². The van der Waals surface area contributed by atoms with Crippen LogP contribution in [0.3, 0.4) is 0 Å². The van der Waals surface area contributed by atoms with E-state index in [0.29, 0.717) is 36.9 Å². The van der Waals surface area contributed by atoms with Crippen molar-refractivity contribution in [2.75, 3.05) is 6.61 Å². The molecule has 0 aliphatic carbocycles. The number of nitrogens with zero attached hydrogens (tertiary/aromatic N) is 2. The van der Waals surface area contributed by atoms with E-state index < -0.39 is 12.0 Å². The topological polar surface area (TPSA) is 69.9 Å². The number of hydrogen-bond donors (Lipinski definition) is 0. The Morgan fingerprint density at radius 2 is 1.97 bits per heavy atom. The molecular formula is C26H25ClN2O4S. The van der Waals surface area contributed by atoms with E-state index in [9.17, 15) is 9.59 Å². The average Bonchev–Trinajstić information content (AvgIpc) is 3.09. The van der Waals surface area contributed by atoms with Gasteiger partial charge in [0.1, 0.15) is 5.75 Å². The van der Waals surface area contributed by atoms with Gasteiger partial charge in [0.25, 0.3) is 5.56 Å². The Hall–Kier alpha value is -3.16. The molecule has 0 amide bonds. The van der Waals surface area contributed by atoms with E-state index >= 15 is 0 Å². The number of benzene rings is 2. The first-order chi connectivity index (χ1) is 16.3. The van der Waals surface area contributed by atoms with Crippen LogP contribution in [-0.2, 0) is 9.53 Å². The summed E-state index contributed by atoms with van der Waals surface area (Å²) in [6.07, 6.45) is 1.72. The smallest absolute Gasteiger partial charge is 0.338 e. The maximum atomic E-state index is 13.7. The van der Waals surface area contributed by atoms with Crippen molar-refractivity contribution in [2.24, 2.45) is 4.99 Å². The van der Waals surface area contributed by atoms with Gasteiger partial charge in [-0.3, -0.25) is 9.36 Å². The minimum atomic E-state index is -0.635. The summed E-state index contributed by atoms with van der Waals surface area (Å²) in [6.45, 7) is 7.62. The second-order valence-corrected chi connectivity index (χ2v) is 9.51. The molecule has 0 unspecified atom stereocenters. The van der Waals surface area contributed by atoms with Gasteiger partial charge in [-0.05, 0) is 57.5 Å². The first-order valence-corrected chi connectivity index (χ1v) is 12.2. The molecule has 0 N–H and O–H groups in total. The van der Waals surface area contributed by atoms with Gasteiger partial charge in [-0.2, -0.15) is 0 Å². The zero-order chi connectivity index (χ0) is 24.4. The second-order valence-electron chi connectivity index (χ2n) is 8.06. The van der Waals surface area contributed by atoms with Crippen LogP contribution in [0.2, 0.25) is 5.02 Å². The summed E-state index contributed by atoms with van der Waals surface area (Å²) < 4.78 is 13.3. The Morgan fingerprint density at radius 3 is 2.65 bits per heavy atom. The molecule has 8 heteroatoms. The molecular weight excluding hydrogens is 472 g/mol. The van der Waals surface area contributed by atoms with Crippen molar-refractivity contribution < 1.29 is 14.3 Å². The van der Waals surface area contributed by atoms with Gasteiger partial charge in [0.15, 0.2) is 4.80 Å². The highest BCUT2D eigenvalue weighted by atomic mass is 35.5. The number of fused-ring (bicyclic) bond motifs is 1. The Balaban J connectivity index is 1.94. The SMILES string of the molecule is CCOC(=O)C1=C(C)N=c2s/c(=C/c3cc(Cl)ccc3OC(C)C)c(=O)n2[C@H]1c1ccccc1. The summed E-state index contributed by atoms with van der Waals surface area (Å²) in [6, 6.07) is 14.1. The predicted octanol–water partition coefficient (Wildman–Crippen LogP) is 4.24. The zero-order valence-corrected chi connectivity index (χ0v) is 20.9. The third kappa shape index (κ3) is 4.72. The highest BCUT2D eigenvalue weighted by Gasteiger charge is 2.33. The van der Waals surface area contributed by atoms with Gasteiger partial charge in [-0.1, -0.05) is 53.3 Å². The van der Waals surface area contributed by atoms with Gasteiger partial charge in [0.2, 0.25) is 0 Å². The number of halogens is 1. The van der Waals surface area contributed by atoms with Gasteiger partial charge >= 0.3 is 5.97 Å². The molecule has 1 aliphatic heterocycles. The molecule has 0 saturated heterocycles. The standard InChI is InChI=1S/C26H25ClN2O4S/c1-5-32-25(31)22-16(4)28-26-29(23(22)17-9-7-6-8-10-17)24(30)21(34-26)14-18-13-19(27)11-12-20(18)33-15(2)3/h6-15,23H,5H2,1-4H3/b21-14+/t23-/m0/s1. The molecule has 0 bridgehead atoms. The molecule has 34 heavy (non-hydrogen) atoms. The molecule has 0 fully saturated rings. The van der Waals surface area contributed by atoms with Crippen molar-refractivity contribution in [2.45, 2.75) is 39.8 Å². The molecule has 2 heterocycles. The molecule has 176 valence electrons. The van der Waals surface area contributed by atoms with Gasteiger partial charge in [-0.25, -0.2) is 9.79 Å². The van der Waals surface area contributed by atoms with E-state index in [-0.39, 0.29) is 18.3 Å². The van der Waals surface area contributed by atoms with Gasteiger partial charge in [0, 0.05) is 10.6 Å². The van der Waals surface area contributed by atoms with Crippen molar-refractivity contribution in [3.8, 4) is 5.75 Å². The molecule has 6 nitrogen and oxygen atoms in total. The summed E-state index contributed by atoms with van der Waals surface area (Å²) in [7, 11) is 0. The number of rotatable bonds is 6. The highest BCUT2D eigenvalue weighted by molar-refractivity contribution is 7.07. The van der Waals surface area contributed by atoms with E-state index in [4.69, 9.17) is 21.1 Å². The van der Waals surface area contributed by atoms with E-state index in [1.165, 1.54) is 11.3 Å². The number of carbonyl (C=O) groups excluding carboxylic acids is 1. The lowest BCUT2D eigenvalue weighted by atomic mass is 9.96. The Labute approximate surface area is 206 Å². The molecule has 1 aromatic heterocycles. The van der Waals surface area contributed by atoms with Crippen LogP contribution in [0, 0.1) is 0 Å². The van der Waals surface area contributed by atoms with E-state index in [1.807, 2.05) is 44.2 Å². The number of hydrogen-bond acceptors (Lipinski definition) is 6. The highest BCUT2D eigenvalue weighted by Crippen LogP contribution is 2.30. The average molecular weight is 497 g/mol. The molecule has 0 spiro atoms. The van der Waals surface area contributed by atoms with Crippen molar-refractivity contribution >= 4 is 35.0 Å². The maximum absolute atomic E-state index is 13.7.